The maximum absolute atomic E-state index is 9.89. The van der Waals surface area contributed by atoms with E-state index in [9.17, 15) is 5.11 Å². The van der Waals surface area contributed by atoms with Crippen molar-refractivity contribution in [1.29, 1.82) is 0 Å². The molecule has 1 aromatic heterocycles. The monoisotopic (exact) mass is 216 g/mol. The molecule has 0 saturated heterocycles. The summed E-state index contributed by atoms with van der Waals surface area (Å²) in [5, 5.41) is 10.9. The lowest BCUT2D eigenvalue weighted by molar-refractivity contribution is 0.199. The average Bonchev–Trinajstić information content (AvgIpc) is 2.59. The molecule has 0 aliphatic heterocycles. The van der Waals surface area contributed by atoms with Crippen LogP contribution in [0.5, 0.6) is 0 Å². The van der Waals surface area contributed by atoms with Crippen molar-refractivity contribution in [3.63, 3.8) is 0 Å². The van der Waals surface area contributed by atoms with Crippen LogP contribution in [0.15, 0.2) is 40.3 Å². The second-order valence-electron chi connectivity index (χ2n) is 4.38. The van der Waals surface area contributed by atoms with E-state index in [4.69, 9.17) is 4.42 Å². The molecule has 84 valence electrons. The highest BCUT2D eigenvalue weighted by Crippen LogP contribution is 2.25. The smallest absolute Gasteiger partial charge is 0.137 e. The van der Waals surface area contributed by atoms with Crippen LogP contribution in [0.2, 0.25) is 0 Å². The van der Waals surface area contributed by atoms with E-state index in [-0.39, 0.29) is 0 Å². The second-order valence-corrected chi connectivity index (χ2v) is 4.38. The van der Waals surface area contributed by atoms with Crippen molar-refractivity contribution in [3.05, 3.63) is 47.2 Å². The summed E-state index contributed by atoms with van der Waals surface area (Å²) in [5.41, 5.74) is 3.09. The van der Waals surface area contributed by atoms with Crippen molar-refractivity contribution in [3.8, 4) is 0 Å². The first-order valence-electron chi connectivity index (χ1n) is 5.39. The minimum atomic E-state index is -0.655. The Balaban J connectivity index is 2.43. The molecule has 2 heteroatoms. The summed E-state index contributed by atoms with van der Waals surface area (Å²) in [6, 6.07) is 7.89. The third-order valence-corrected chi connectivity index (χ3v) is 2.47. The number of fused-ring (bicyclic) bond motifs is 1. The van der Waals surface area contributed by atoms with Gasteiger partial charge in [-0.1, -0.05) is 17.2 Å². The molecule has 0 radical (unpaired) electrons. The van der Waals surface area contributed by atoms with E-state index in [2.05, 4.69) is 6.07 Å². The van der Waals surface area contributed by atoms with Gasteiger partial charge in [0.2, 0.25) is 0 Å². The molecule has 0 fully saturated rings. The predicted molar refractivity (Wildman–Crippen MR) is 65.3 cm³/mol. The lowest BCUT2D eigenvalue weighted by Crippen LogP contribution is -1.90. The topological polar surface area (TPSA) is 33.4 Å². The summed E-state index contributed by atoms with van der Waals surface area (Å²) >= 11 is 0. The number of rotatable bonds is 2. The van der Waals surface area contributed by atoms with Gasteiger partial charge in [-0.05, 0) is 45.0 Å². The molecule has 2 rings (SSSR count). The molecule has 0 aliphatic rings. The van der Waals surface area contributed by atoms with E-state index >= 15 is 0 Å². The van der Waals surface area contributed by atoms with Gasteiger partial charge in [0, 0.05) is 5.39 Å². The quantitative estimate of drug-likeness (QED) is 0.776. The Labute approximate surface area is 95.2 Å². The number of aryl methyl sites for hydroxylation is 1. The third-order valence-electron chi connectivity index (χ3n) is 2.47. The highest BCUT2D eigenvalue weighted by atomic mass is 16.4. The molecular weight excluding hydrogens is 200 g/mol. The van der Waals surface area contributed by atoms with Gasteiger partial charge in [0.15, 0.2) is 0 Å². The number of hydrogen-bond acceptors (Lipinski definition) is 2. The van der Waals surface area contributed by atoms with Crippen molar-refractivity contribution in [1.82, 2.24) is 0 Å². The van der Waals surface area contributed by atoms with Crippen molar-refractivity contribution < 1.29 is 9.52 Å². The van der Waals surface area contributed by atoms with Crippen LogP contribution < -0.4 is 0 Å². The SMILES string of the molecule is CC(C)=CC(O)c1cc2cc(C)ccc2o1. The van der Waals surface area contributed by atoms with Crippen molar-refractivity contribution in [2.75, 3.05) is 0 Å². The van der Waals surface area contributed by atoms with Crippen LogP contribution >= 0.6 is 0 Å². The molecule has 2 aromatic rings. The van der Waals surface area contributed by atoms with E-state index in [1.807, 2.05) is 39.0 Å². The van der Waals surface area contributed by atoms with Gasteiger partial charge >= 0.3 is 0 Å². The molecule has 0 amide bonds. The number of hydrogen-bond donors (Lipinski definition) is 1. The Hall–Kier alpha value is -1.54. The summed E-state index contributed by atoms with van der Waals surface area (Å²) in [6.07, 6.45) is 1.13. The fourth-order valence-electron chi connectivity index (χ4n) is 1.73. The number of aliphatic hydroxyl groups is 1. The Morgan fingerprint density at radius 1 is 1.31 bits per heavy atom. The van der Waals surface area contributed by atoms with Gasteiger partial charge in [0.1, 0.15) is 17.4 Å². The maximum Gasteiger partial charge on any atom is 0.137 e. The molecule has 0 aliphatic carbocycles. The highest BCUT2D eigenvalue weighted by Gasteiger charge is 2.10. The van der Waals surface area contributed by atoms with Gasteiger partial charge in [0.25, 0.3) is 0 Å². The Morgan fingerprint density at radius 2 is 2.06 bits per heavy atom. The second kappa shape index (κ2) is 4.14. The van der Waals surface area contributed by atoms with Crippen molar-refractivity contribution >= 4 is 11.0 Å². The van der Waals surface area contributed by atoms with Crippen LogP contribution in [-0.2, 0) is 0 Å². The molecule has 0 saturated carbocycles. The van der Waals surface area contributed by atoms with Crippen LogP contribution in [0.1, 0.15) is 31.3 Å². The molecule has 1 unspecified atom stereocenters. The first-order valence-corrected chi connectivity index (χ1v) is 5.39. The number of furan rings is 1. The van der Waals surface area contributed by atoms with Gasteiger partial charge in [0.05, 0.1) is 0 Å². The fraction of sp³-hybridized carbons (Fsp3) is 0.286. The zero-order chi connectivity index (χ0) is 11.7. The first-order chi connectivity index (χ1) is 7.56. The van der Waals surface area contributed by atoms with Gasteiger partial charge in [-0.3, -0.25) is 0 Å². The van der Waals surface area contributed by atoms with Crippen LogP contribution in [0.25, 0.3) is 11.0 Å². The van der Waals surface area contributed by atoms with Gasteiger partial charge in [-0.2, -0.15) is 0 Å². The normalized spacial score (nSPS) is 12.8. The van der Waals surface area contributed by atoms with Crippen LogP contribution in [0.4, 0.5) is 0 Å². The lowest BCUT2D eigenvalue weighted by Gasteiger charge is -2.01. The van der Waals surface area contributed by atoms with E-state index in [0.717, 1.165) is 16.5 Å². The maximum atomic E-state index is 9.89. The van der Waals surface area contributed by atoms with E-state index in [1.54, 1.807) is 6.08 Å². The molecular formula is C14H16O2. The Bertz CT molecular complexity index is 531. The van der Waals surface area contributed by atoms with Crippen molar-refractivity contribution in [2.45, 2.75) is 26.9 Å². The van der Waals surface area contributed by atoms with E-state index < -0.39 is 6.10 Å². The molecule has 1 heterocycles. The number of allylic oxidation sites excluding steroid dienone is 1. The molecule has 0 spiro atoms. The minimum Gasteiger partial charge on any atom is -0.458 e. The summed E-state index contributed by atoms with van der Waals surface area (Å²) < 4.78 is 5.59. The molecule has 1 N–H and O–H groups in total. The van der Waals surface area contributed by atoms with Crippen LogP contribution in [0.3, 0.4) is 0 Å². The van der Waals surface area contributed by atoms with E-state index in [0.29, 0.717) is 5.76 Å². The molecule has 1 aromatic carbocycles. The molecule has 0 bridgehead atoms. The largest absolute Gasteiger partial charge is 0.458 e. The molecule has 2 nitrogen and oxygen atoms in total. The third kappa shape index (κ3) is 2.17. The van der Waals surface area contributed by atoms with Gasteiger partial charge < -0.3 is 9.52 Å². The first kappa shape index (κ1) is 11.0. The lowest BCUT2D eigenvalue weighted by atomic mass is 10.1. The zero-order valence-electron chi connectivity index (χ0n) is 9.82. The summed E-state index contributed by atoms with van der Waals surface area (Å²) in [7, 11) is 0. The molecule has 16 heavy (non-hydrogen) atoms. The highest BCUT2D eigenvalue weighted by molar-refractivity contribution is 5.78. The minimum absolute atomic E-state index is 0.599. The zero-order valence-corrected chi connectivity index (χ0v) is 9.82. The predicted octanol–water partition coefficient (Wildman–Crippen LogP) is 3.74. The van der Waals surface area contributed by atoms with Gasteiger partial charge in [-0.25, -0.2) is 0 Å². The fourth-order valence-corrected chi connectivity index (χ4v) is 1.73. The summed E-state index contributed by atoms with van der Waals surface area (Å²) in [5.74, 6) is 0.599. The van der Waals surface area contributed by atoms with Crippen molar-refractivity contribution in [2.24, 2.45) is 0 Å². The van der Waals surface area contributed by atoms with Gasteiger partial charge in [-0.15, -0.1) is 0 Å². The Morgan fingerprint density at radius 3 is 2.75 bits per heavy atom. The molecule has 1 atom stereocenters. The number of aliphatic hydroxyl groups excluding tert-OH is 1. The Kier molecular flexibility index (Phi) is 2.84. The van der Waals surface area contributed by atoms with Crippen LogP contribution in [0, 0.1) is 6.92 Å². The summed E-state index contributed by atoms with van der Waals surface area (Å²) in [4.78, 5) is 0. The summed E-state index contributed by atoms with van der Waals surface area (Å²) in [6.45, 7) is 5.95. The van der Waals surface area contributed by atoms with E-state index in [1.165, 1.54) is 5.56 Å². The average molecular weight is 216 g/mol. The number of benzene rings is 1. The van der Waals surface area contributed by atoms with Crippen LogP contribution in [-0.4, -0.2) is 5.11 Å². The standard InChI is InChI=1S/C14H16O2/c1-9(2)6-12(15)14-8-11-7-10(3)4-5-13(11)16-14/h4-8,12,15H,1-3H3.